The van der Waals surface area contributed by atoms with Gasteiger partial charge in [0.25, 0.3) is 0 Å². The number of carbonyl (C=O) groups is 2. The van der Waals surface area contributed by atoms with Crippen molar-refractivity contribution in [3.8, 4) is 5.75 Å². The van der Waals surface area contributed by atoms with Gasteiger partial charge in [-0.2, -0.15) is 0 Å². The smallest absolute Gasteiger partial charge is 0.408 e. The van der Waals surface area contributed by atoms with Crippen LogP contribution in [0.5, 0.6) is 5.75 Å². The van der Waals surface area contributed by atoms with Crippen molar-refractivity contribution in [3.05, 3.63) is 65.2 Å². The van der Waals surface area contributed by atoms with Gasteiger partial charge in [0.05, 0.1) is 6.61 Å². The second-order valence-corrected chi connectivity index (χ2v) is 5.44. The molecule has 0 fully saturated rings. The van der Waals surface area contributed by atoms with Crippen LogP contribution in [-0.4, -0.2) is 23.8 Å². The number of aliphatic carboxylic acids is 1. The van der Waals surface area contributed by atoms with E-state index >= 15 is 0 Å². The van der Waals surface area contributed by atoms with Crippen LogP contribution in [0.2, 0.25) is 0 Å². The molecule has 1 amide bonds. The van der Waals surface area contributed by atoms with E-state index in [2.05, 4.69) is 5.32 Å². The van der Waals surface area contributed by atoms with E-state index in [1.807, 2.05) is 30.3 Å². The second-order valence-electron chi connectivity index (χ2n) is 5.44. The zero-order valence-corrected chi connectivity index (χ0v) is 12.9. The fourth-order valence-corrected chi connectivity index (χ4v) is 2.56. The largest absolute Gasteiger partial charge is 0.493 e. The standard InChI is InChI=1S/C18H17NO5/c20-17(21)16(14-6-7-15-13(10-14)8-9-23-15)19-18(22)24-11-12-4-2-1-3-5-12/h1-7,10,16H,8-9,11H2,(H,19,22)(H,20,21). The molecule has 2 aromatic rings. The van der Waals surface area contributed by atoms with Gasteiger partial charge in [0, 0.05) is 6.42 Å². The number of amides is 1. The number of hydrogen-bond donors (Lipinski definition) is 2. The number of nitrogens with one attached hydrogen (secondary N) is 1. The van der Waals surface area contributed by atoms with Crippen molar-refractivity contribution < 1.29 is 24.2 Å². The predicted octanol–water partition coefficient (Wildman–Crippen LogP) is 2.67. The highest BCUT2D eigenvalue weighted by Crippen LogP contribution is 2.28. The van der Waals surface area contributed by atoms with E-state index in [0.29, 0.717) is 12.2 Å². The molecule has 24 heavy (non-hydrogen) atoms. The maximum absolute atomic E-state index is 11.9. The first-order chi connectivity index (χ1) is 11.6. The van der Waals surface area contributed by atoms with E-state index in [1.165, 1.54) is 0 Å². The Morgan fingerprint density at radius 1 is 1.21 bits per heavy atom. The summed E-state index contributed by atoms with van der Waals surface area (Å²) in [4.78, 5) is 23.4. The Hall–Kier alpha value is -3.02. The molecule has 1 unspecified atom stereocenters. The van der Waals surface area contributed by atoms with Crippen molar-refractivity contribution >= 4 is 12.1 Å². The summed E-state index contributed by atoms with van der Waals surface area (Å²) in [5.74, 6) is -0.389. The minimum Gasteiger partial charge on any atom is -0.493 e. The van der Waals surface area contributed by atoms with E-state index in [9.17, 15) is 14.7 Å². The third kappa shape index (κ3) is 3.65. The number of carbonyl (C=O) groups excluding carboxylic acids is 1. The van der Waals surface area contributed by atoms with Crippen LogP contribution in [-0.2, 0) is 22.6 Å². The number of fused-ring (bicyclic) bond motifs is 1. The van der Waals surface area contributed by atoms with Gasteiger partial charge in [0.15, 0.2) is 6.04 Å². The van der Waals surface area contributed by atoms with Gasteiger partial charge in [-0.3, -0.25) is 0 Å². The predicted molar refractivity (Wildman–Crippen MR) is 85.8 cm³/mol. The molecule has 0 bridgehead atoms. The van der Waals surface area contributed by atoms with E-state index < -0.39 is 18.1 Å². The molecule has 0 saturated carbocycles. The maximum Gasteiger partial charge on any atom is 0.408 e. The summed E-state index contributed by atoms with van der Waals surface area (Å²) in [5.41, 5.74) is 2.26. The van der Waals surface area contributed by atoms with Crippen LogP contribution in [0.4, 0.5) is 4.79 Å². The molecule has 0 saturated heterocycles. The molecule has 6 heteroatoms. The number of benzene rings is 2. The Bertz CT molecular complexity index is 744. The van der Waals surface area contributed by atoms with Crippen LogP contribution in [0.15, 0.2) is 48.5 Å². The van der Waals surface area contributed by atoms with Crippen LogP contribution in [0.25, 0.3) is 0 Å². The number of carboxylic acid groups (broad SMARTS) is 1. The average Bonchev–Trinajstić information content (AvgIpc) is 3.06. The van der Waals surface area contributed by atoms with Crippen LogP contribution < -0.4 is 10.1 Å². The van der Waals surface area contributed by atoms with Crippen LogP contribution in [0.3, 0.4) is 0 Å². The Morgan fingerprint density at radius 2 is 2.00 bits per heavy atom. The zero-order chi connectivity index (χ0) is 16.9. The monoisotopic (exact) mass is 327 g/mol. The van der Waals surface area contributed by atoms with Gasteiger partial charge in [0.2, 0.25) is 0 Å². The van der Waals surface area contributed by atoms with Gasteiger partial charge in [-0.25, -0.2) is 9.59 Å². The highest BCUT2D eigenvalue weighted by Gasteiger charge is 2.24. The van der Waals surface area contributed by atoms with E-state index in [-0.39, 0.29) is 6.61 Å². The lowest BCUT2D eigenvalue weighted by atomic mass is 10.0. The van der Waals surface area contributed by atoms with Gasteiger partial charge in [-0.05, 0) is 28.8 Å². The fourth-order valence-electron chi connectivity index (χ4n) is 2.56. The van der Waals surface area contributed by atoms with Crippen molar-refractivity contribution in [3.63, 3.8) is 0 Å². The van der Waals surface area contributed by atoms with Crippen LogP contribution in [0, 0.1) is 0 Å². The van der Waals surface area contributed by atoms with Crippen molar-refractivity contribution in [1.29, 1.82) is 0 Å². The number of hydrogen-bond acceptors (Lipinski definition) is 4. The van der Waals surface area contributed by atoms with Crippen molar-refractivity contribution in [2.24, 2.45) is 0 Å². The number of carboxylic acids is 1. The minimum absolute atomic E-state index is 0.0804. The number of ether oxygens (including phenoxy) is 2. The third-order valence-electron chi connectivity index (χ3n) is 3.77. The summed E-state index contributed by atoms with van der Waals surface area (Å²) in [7, 11) is 0. The number of rotatable bonds is 5. The van der Waals surface area contributed by atoms with Gasteiger partial charge in [-0.15, -0.1) is 0 Å². The van der Waals surface area contributed by atoms with Gasteiger partial charge >= 0.3 is 12.1 Å². The lowest BCUT2D eigenvalue weighted by Gasteiger charge is -2.15. The van der Waals surface area contributed by atoms with Crippen LogP contribution >= 0.6 is 0 Å². The molecule has 0 aliphatic carbocycles. The van der Waals surface area contributed by atoms with Crippen molar-refractivity contribution in [1.82, 2.24) is 5.32 Å². The quantitative estimate of drug-likeness (QED) is 0.882. The first-order valence-corrected chi connectivity index (χ1v) is 7.59. The lowest BCUT2D eigenvalue weighted by molar-refractivity contribution is -0.139. The summed E-state index contributed by atoms with van der Waals surface area (Å²) < 4.78 is 10.5. The first kappa shape index (κ1) is 15.9. The Labute approximate surface area is 139 Å². The summed E-state index contributed by atoms with van der Waals surface area (Å²) >= 11 is 0. The first-order valence-electron chi connectivity index (χ1n) is 7.59. The molecule has 2 N–H and O–H groups in total. The zero-order valence-electron chi connectivity index (χ0n) is 12.9. The number of alkyl carbamates (subject to hydrolysis) is 1. The van der Waals surface area contributed by atoms with Crippen LogP contribution in [0.1, 0.15) is 22.7 Å². The molecule has 0 spiro atoms. The fraction of sp³-hybridized carbons (Fsp3) is 0.222. The van der Waals surface area contributed by atoms with E-state index in [1.54, 1.807) is 18.2 Å². The molecule has 124 valence electrons. The molecule has 0 radical (unpaired) electrons. The lowest BCUT2D eigenvalue weighted by Crippen LogP contribution is -2.34. The van der Waals surface area contributed by atoms with E-state index in [0.717, 1.165) is 23.3 Å². The van der Waals surface area contributed by atoms with Crippen molar-refractivity contribution in [2.75, 3.05) is 6.61 Å². The molecule has 6 nitrogen and oxygen atoms in total. The topological polar surface area (TPSA) is 84.9 Å². The molecule has 1 aliphatic rings. The van der Waals surface area contributed by atoms with Gasteiger partial charge < -0.3 is 19.9 Å². The molecular formula is C18H17NO5. The molecule has 0 aromatic heterocycles. The molecule has 1 atom stereocenters. The SMILES string of the molecule is O=C(NC(C(=O)O)c1ccc2c(c1)CCO2)OCc1ccccc1. The maximum atomic E-state index is 11.9. The normalized spacial score (nSPS) is 13.5. The highest BCUT2D eigenvalue weighted by atomic mass is 16.5. The molecule has 2 aromatic carbocycles. The van der Waals surface area contributed by atoms with Gasteiger partial charge in [-0.1, -0.05) is 36.4 Å². The average molecular weight is 327 g/mol. The second kappa shape index (κ2) is 7.04. The molecule has 1 aliphatic heterocycles. The Balaban J connectivity index is 1.65. The summed E-state index contributed by atoms with van der Waals surface area (Å²) in [6, 6.07) is 13.1. The molecule has 3 rings (SSSR count). The molecule has 1 heterocycles. The summed E-state index contributed by atoms with van der Waals surface area (Å²) in [6.45, 7) is 0.667. The Kier molecular flexibility index (Phi) is 4.65. The minimum atomic E-state index is -1.17. The summed E-state index contributed by atoms with van der Waals surface area (Å²) in [5, 5.41) is 11.8. The summed E-state index contributed by atoms with van der Waals surface area (Å²) in [6.07, 6.45) is -0.0449. The third-order valence-corrected chi connectivity index (χ3v) is 3.77. The Morgan fingerprint density at radius 3 is 2.75 bits per heavy atom. The van der Waals surface area contributed by atoms with Crippen molar-refractivity contribution in [2.45, 2.75) is 19.1 Å². The van der Waals surface area contributed by atoms with E-state index in [4.69, 9.17) is 9.47 Å². The molecular weight excluding hydrogens is 310 g/mol. The highest BCUT2D eigenvalue weighted by molar-refractivity contribution is 5.81. The van der Waals surface area contributed by atoms with Gasteiger partial charge in [0.1, 0.15) is 12.4 Å².